The molecular formula is C14H9Br2N3O3S. The maximum Gasteiger partial charge on any atom is 0.285 e. The number of rotatable bonds is 3. The molecule has 0 atom stereocenters. The molecule has 1 amide bonds. The molecule has 0 saturated heterocycles. The molecule has 118 valence electrons. The molecule has 3 rings (SSSR count). The van der Waals surface area contributed by atoms with Gasteiger partial charge >= 0.3 is 0 Å². The van der Waals surface area contributed by atoms with E-state index in [2.05, 4.69) is 36.8 Å². The molecule has 0 aliphatic carbocycles. The third kappa shape index (κ3) is 3.31. The summed E-state index contributed by atoms with van der Waals surface area (Å²) in [5.41, 5.74) is 0.513. The van der Waals surface area contributed by atoms with Crippen molar-refractivity contribution in [3.05, 3.63) is 63.4 Å². The lowest BCUT2D eigenvalue weighted by Gasteiger charge is -2.04. The molecule has 0 unspecified atom stereocenters. The number of nitrogens with one attached hydrogen (secondary N) is 1. The highest BCUT2D eigenvalue weighted by Crippen LogP contribution is 2.22. The Bertz CT molecular complexity index is 1000. The van der Waals surface area contributed by atoms with E-state index in [1.165, 1.54) is 18.3 Å². The van der Waals surface area contributed by atoms with Crippen LogP contribution in [0.1, 0.15) is 10.5 Å². The second kappa shape index (κ2) is 6.06. The molecule has 2 heterocycles. The fourth-order valence-corrected chi connectivity index (χ4v) is 4.25. The van der Waals surface area contributed by atoms with Gasteiger partial charge in [0.2, 0.25) is 0 Å². The predicted molar refractivity (Wildman–Crippen MR) is 91.7 cm³/mol. The summed E-state index contributed by atoms with van der Waals surface area (Å²) < 4.78 is 29.4. The minimum Gasteiger partial charge on any atom is -0.304 e. The molecule has 1 aromatic carbocycles. The average molecular weight is 459 g/mol. The van der Waals surface area contributed by atoms with Gasteiger partial charge in [0.1, 0.15) is 5.69 Å². The van der Waals surface area contributed by atoms with E-state index in [0.29, 0.717) is 10.1 Å². The van der Waals surface area contributed by atoms with Gasteiger partial charge in [0, 0.05) is 16.9 Å². The number of halogens is 2. The first-order valence-corrected chi connectivity index (χ1v) is 9.40. The normalized spacial score (nSPS) is 11.6. The molecule has 6 nitrogen and oxygen atoms in total. The number of imidazole rings is 1. The standard InChI is InChI=1S/C14H9Br2N3O3S/c15-9-6-11(16)13-17-12(8-19(13)7-9)14(20)18-23(21,22)10-4-2-1-3-5-10/h1-8H,(H,18,20). The number of carbonyl (C=O) groups is 1. The van der Waals surface area contributed by atoms with Crippen LogP contribution in [0.2, 0.25) is 0 Å². The lowest BCUT2D eigenvalue weighted by Crippen LogP contribution is -2.30. The van der Waals surface area contributed by atoms with Crippen molar-refractivity contribution in [3.63, 3.8) is 0 Å². The topological polar surface area (TPSA) is 80.5 Å². The molecule has 1 N–H and O–H groups in total. The van der Waals surface area contributed by atoms with Crippen LogP contribution in [-0.2, 0) is 10.0 Å². The largest absolute Gasteiger partial charge is 0.304 e. The number of fused-ring (bicyclic) bond motifs is 1. The number of benzene rings is 1. The van der Waals surface area contributed by atoms with Crippen molar-refractivity contribution in [3.8, 4) is 0 Å². The van der Waals surface area contributed by atoms with Crippen LogP contribution >= 0.6 is 31.9 Å². The Hall–Kier alpha value is -1.71. The summed E-state index contributed by atoms with van der Waals surface area (Å²) >= 11 is 6.68. The van der Waals surface area contributed by atoms with Gasteiger partial charge in [-0.25, -0.2) is 18.1 Å². The quantitative estimate of drug-likeness (QED) is 0.654. The lowest BCUT2D eigenvalue weighted by molar-refractivity contribution is 0.0977. The zero-order valence-electron chi connectivity index (χ0n) is 11.4. The summed E-state index contributed by atoms with van der Waals surface area (Å²) in [5.74, 6) is -0.791. The number of carbonyl (C=O) groups excluding carboxylic acids is 1. The van der Waals surface area contributed by atoms with Gasteiger partial charge in [0.05, 0.1) is 9.37 Å². The van der Waals surface area contributed by atoms with Crippen LogP contribution in [0.4, 0.5) is 0 Å². The predicted octanol–water partition coefficient (Wildman–Crippen LogP) is 2.98. The summed E-state index contributed by atoms with van der Waals surface area (Å²) in [6, 6.07) is 9.46. The molecular weight excluding hydrogens is 450 g/mol. The van der Waals surface area contributed by atoms with Crippen molar-refractivity contribution in [1.82, 2.24) is 14.1 Å². The minimum absolute atomic E-state index is 0.00306. The highest BCUT2D eigenvalue weighted by molar-refractivity contribution is 9.11. The van der Waals surface area contributed by atoms with Crippen LogP contribution in [0, 0.1) is 0 Å². The summed E-state index contributed by atoms with van der Waals surface area (Å²) in [5, 5.41) is 0. The first-order valence-electron chi connectivity index (χ1n) is 6.33. The highest BCUT2D eigenvalue weighted by atomic mass is 79.9. The third-order valence-electron chi connectivity index (χ3n) is 2.99. The maximum atomic E-state index is 12.2. The number of amides is 1. The van der Waals surface area contributed by atoms with Gasteiger partial charge in [0.25, 0.3) is 15.9 Å². The Morgan fingerprint density at radius 1 is 1.13 bits per heavy atom. The zero-order valence-corrected chi connectivity index (χ0v) is 15.4. The van der Waals surface area contributed by atoms with E-state index in [1.807, 2.05) is 4.72 Å². The second-order valence-corrected chi connectivity index (χ2v) is 8.06. The Labute approximate surface area is 148 Å². The Morgan fingerprint density at radius 3 is 2.52 bits per heavy atom. The first-order chi connectivity index (χ1) is 10.9. The molecule has 0 bridgehead atoms. The first kappa shape index (κ1) is 16.2. The van der Waals surface area contributed by atoms with Crippen molar-refractivity contribution < 1.29 is 13.2 Å². The number of hydrogen-bond acceptors (Lipinski definition) is 4. The molecule has 2 aromatic heterocycles. The molecule has 23 heavy (non-hydrogen) atoms. The van der Waals surface area contributed by atoms with Crippen LogP contribution < -0.4 is 4.72 Å². The molecule has 0 aliphatic rings. The second-order valence-electron chi connectivity index (χ2n) is 4.61. The number of aromatic nitrogens is 2. The summed E-state index contributed by atoms with van der Waals surface area (Å²) in [4.78, 5) is 16.4. The Kier molecular flexibility index (Phi) is 4.26. The van der Waals surface area contributed by atoms with Crippen molar-refractivity contribution in [1.29, 1.82) is 0 Å². The van der Waals surface area contributed by atoms with E-state index in [1.54, 1.807) is 34.9 Å². The number of sulfonamides is 1. The van der Waals surface area contributed by atoms with E-state index in [-0.39, 0.29) is 10.6 Å². The number of hydrogen-bond donors (Lipinski definition) is 1. The summed E-state index contributed by atoms with van der Waals surface area (Å²) in [6.45, 7) is 0. The summed E-state index contributed by atoms with van der Waals surface area (Å²) in [7, 11) is -3.93. The van der Waals surface area contributed by atoms with Crippen molar-refractivity contribution in [2.45, 2.75) is 4.90 Å². The van der Waals surface area contributed by atoms with Gasteiger partial charge < -0.3 is 4.40 Å². The SMILES string of the molecule is O=C(NS(=O)(=O)c1ccccc1)c1cn2cc(Br)cc(Br)c2n1. The maximum absolute atomic E-state index is 12.2. The Balaban J connectivity index is 1.94. The van der Waals surface area contributed by atoms with Gasteiger partial charge in [-0.2, -0.15) is 0 Å². The van der Waals surface area contributed by atoms with E-state index < -0.39 is 15.9 Å². The summed E-state index contributed by atoms with van der Waals surface area (Å²) in [6.07, 6.45) is 3.18. The monoisotopic (exact) mass is 457 g/mol. The van der Waals surface area contributed by atoms with Crippen LogP contribution in [0.25, 0.3) is 5.65 Å². The lowest BCUT2D eigenvalue weighted by atomic mass is 10.4. The number of pyridine rings is 1. The molecule has 0 saturated carbocycles. The minimum atomic E-state index is -3.93. The van der Waals surface area contributed by atoms with Gasteiger partial charge in [-0.05, 0) is 50.1 Å². The van der Waals surface area contributed by atoms with Crippen LogP contribution in [-0.4, -0.2) is 23.7 Å². The van der Waals surface area contributed by atoms with Crippen molar-refractivity contribution in [2.75, 3.05) is 0 Å². The Morgan fingerprint density at radius 2 is 1.83 bits per heavy atom. The van der Waals surface area contributed by atoms with Crippen LogP contribution in [0.3, 0.4) is 0 Å². The van der Waals surface area contributed by atoms with E-state index in [4.69, 9.17) is 0 Å². The zero-order chi connectivity index (χ0) is 16.6. The van der Waals surface area contributed by atoms with Gasteiger partial charge in [-0.15, -0.1) is 0 Å². The van der Waals surface area contributed by atoms with E-state index >= 15 is 0 Å². The molecule has 3 aromatic rings. The van der Waals surface area contributed by atoms with Crippen molar-refractivity contribution in [2.24, 2.45) is 0 Å². The van der Waals surface area contributed by atoms with Crippen molar-refractivity contribution >= 4 is 53.4 Å². The van der Waals surface area contributed by atoms with Crippen LogP contribution in [0.15, 0.2) is 62.6 Å². The smallest absolute Gasteiger partial charge is 0.285 e. The fraction of sp³-hybridized carbons (Fsp3) is 0. The fourth-order valence-electron chi connectivity index (χ4n) is 1.97. The number of nitrogens with zero attached hydrogens (tertiary/aromatic N) is 2. The molecule has 0 aliphatic heterocycles. The molecule has 0 spiro atoms. The average Bonchev–Trinajstić information content (AvgIpc) is 2.92. The third-order valence-corrected chi connectivity index (χ3v) is 5.35. The highest BCUT2D eigenvalue weighted by Gasteiger charge is 2.20. The van der Waals surface area contributed by atoms with E-state index in [9.17, 15) is 13.2 Å². The van der Waals surface area contributed by atoms with Gasteiger partial charge in [-0.3, -0.25) is 4.79 Å². The van der Waals surface area contributed by atoms with Gasteiger partial charge in [-0.1, -0.05) is 18.2 Å². The molecule has 9 heteroatoms. The van der Waals surface area contributed by atoms with Gasteiger partial charge in [0.15, 0.2) is 5.65 Å². The molecule has 0 fully saturated rings. The molecule has 0 radical (unpaired) electrons. The van der Waals surface area contributed by atoms with E-state index in [0.717, 1.165) is 4.47 Å². The van der Waals surface area contributed by atoms with Crippen LogP contribution in [0.5, 0.6) is 0 Å².